The number of aromatic amines is 1. The van der Waals surface area contributed by atoms with Gasteiger partial charge in [0.25, 0.3) is 5.91 Å². The molecule has 3 aromatic rings. The Kier molecular flexibility index (Phi) is 6.18. The average Bonchev–Trinajstić information content (AvgIpc) is 3.25. The Morgan fingerprint density at radius 1 is 1.11 bits per heavy atom. The van der Waals surface area contributed by atoms with Crippen molar-refractivity contribution in [1.82, 2.24) is 14.8 Å². The summed E-state index contributed by atoms with van der Waals surface area (Å²) in [6, 6.07) is 16.9. The van der Waals surface area contributed by atoms with Crippen LogP contribution in [0.2, 0.25) is 0 Å². The second-order valence-corrected chi connectivity index (χ2v) is 10.2. The quantitative estimate of drug-likeness (QED) is 0.511. The van der Waals surface area contributed by atoms with Crippen LogP contribution in [-0.4, -0.2) is 58.9 Å². The monoisotopic (exact) mass is 473 g/mol. The maximum atomic E-state index is 14.0. The minimum absolute atomic E-state index is 0.00266. The van der Waals surface area contributed by atoms with Gasteiger partial charge in [0.15, 0.2) is 5.54 Å². The van der Waals surface area contributed by atoms with E-state index in [1.54, 1.807) is 4.90 Å². The van der Waals surface area contributed by atoms with Crippen LogP contribution < -0.4 is 0 Å². The average molecular weight is 474 g/mol. The van der Waals surface area contributed by atoms with E-state index in [2.05, 4.69) is 48.3 Å². The molecule has 0 unspecified atom stereocenters. The minimum atomic E-state index is -1.05. The molecule has 3 heterocycles. The van der Waals surface area contributed by atoms with Gasteiger partial charge in [0.2, 0.25) is 5.91 Å². The third-order valence-corrected chi connectivity index (χ3v) is 7.63. The fourth-order valence-corrected chi connectivity index (χ4v) is 5.72. The summed E-state index contributed by atoms with van der Waals surface area (Å²) in [5, 5.41) is 1.12. The second kappa shape index (κ2) is 9.15. The zero-order valence-electron chi connectivity index (χ0n) is 21.1. The van der Waals surface area contributed by atoms with Crippen LogP contribution in [0.1, 0.15) is 62.4 Å². The van der Waals surface area contributed by atoms with Crippen LogP contribution in [-0.2, 0) is 26.3 Å². The number of ether oxygens (including phenoxy) is 1. The van der Waals surface area contributed by atoms with Crippen LogP contribution in [0.3, 0.4) is 0 Å². The lowest BCUT2D eigenvalue weighted by Crippen LogP contribution is -2.67. The van der Waals surface area contributed by atoms with Crippen molar-refractivity contribution >= 4 is 22.7 Å². The molecule has 0 aliphatic carbocycles. The van der Waals surface area contributed by atoms with Crippen LogP contribution in [0.5, 0.6) is 0 Å². The number of carbonyl (C=O) groups excluding carboxylic acids is 2. The van der Waals surface area contributed by atoms with Gasteiger partial charge in [-0.25, -0.2) is 0 Å². The van der Waals surface area contributed by atoms with Gasteiger partial charge >= 0.3 is 0 Å². The molecule has 184 valence electrons. The molecule has 0 radical (unpaired) electrons. The zero-order valence-corrected chi connectivity index (χ0v) is 21.1. The molecule has 2 aliphatic heterocycles. The van der Waals surface area contributed by atoms with E-state index in [0.717, 1.165) is 28.6 Å². The molecule has 2 aromatic carbocycles. The van der Waals surface area contributed by atoms with Crippen LogP contribution in [0, 0.1) is 0 Å². The highest BCUT2D eigenvalue weighted by Gasteiger charge is 2.56. The normalized spacial score (nSPS) is 22.1. The summed E-state index contributed by atoms with van der Waals surface area (Å²) in [5.41, 5.74) is 4.38. The Bertz CT molecular complexity index is 1250. The minimum Gasteiger partial charge on any atom is -0.379 e. The largest absolute Gasteiger partial charge is 0.379 e. The summed E-state index contributed by atoms with van der Waals surface area (Å²) >= 11 is 0. The molecular weight excluding hydrogens is 438 g/mol. The van der Waals surface area contributed by atoms with Gasteiger partial charge in [-0.2, -0.15) is 0 Å². The maximum absolute atomic E-state index is 14.0. The first-order chi connectivity index (χ1) is 16.8. The van der Waals surface area contributed by atoms with Crippen molar-refractivity contribution in [2.24, 2.45) is 0 Å². The number of aromatic nitrogens is 1. The number of benzene rings is 2. The van der Waals surface area contributed by atoms with Crippen molar-refractivity contribution in [3.8, 4) is 0 Å². The van der Waals surface area contributed by atoms with Gasteiger partial charge in [0, 0.05) is 36.5 Å². The highest BCUT2D eigenvalue weighted by Crippen LogP contribution is 2.48. The SMILES string of the molecule is CCc1ccc([C@H]2CN3C(=O)CN(CCCOC(C)C)C(=O)[C@]3(C)c3[nH]c4ccccc4c32)cc1. The van der Waals surface area contributed by atoms with Crippen molar-refractivity contribution in [3.05, 3.63) is 70.9 Å². The number of para-hydroxylation sites is 1. The molecule has 5 rings (SSSR count). The summed E-state index contributed by atoms with van der Waals surface area (Å²) in [6.07, 6.45) is 1.84. The van der Waals surface area contributed by atoms with E-state index < -0.39 is 5.54 Å². The maximum Gasteiger partial charge on any atom is 0.254 e. The highest BCUT2D eigenvalue weighted by molar-refractivity contribution is 6.01. The van der Waals surface area contributed by atoms with Crippen LogP contribution in [0.4, 0.5) is 0 Å². The van der Waals surface area contributed by atoms with Crippen molar-refractivity contribution in [2.75, 3.05) is 26.2 Å². The van der Waals surface area contributed by atoms with Crippen molar-refractivity contribution < 1.29 is 14.3 Å². The Morgan fingerprint density at radius 2 is 1.86 bits per heavy atom. The molecule has 1 aromatic heterocycles. The Hall–Kier alpha value is -3.12. The smallest absolute Gasteiger partial charge is 0.254 e. The van der Waals surface area contributed by atoms with Crippen molar-refractivity contribution in [1.29, 1.82) is 0 Å². The zero-order chi connectivity index (χ0) is 24.7. The van der Waals surface area contributed by atoms with E-state index in [9.17, 15) is 9.59 Å². The molecule has 1 N–H and O–H groups in total. The highest BCUT2D eigenvalue weighted by atomic mass is 16.5. The fourth-order valence-electron chi connectivity index (χ4n) is 5.72. The van der Waals surface area contributed by atoms with Gasteiger partial charge in [0.05, 0.1) is 18.3 Å². The predicted octanol–water partition coefficient (Wildman–Crippen LogP) is 4.58. The van der Waals surface area contributed by atoms with Crippen LogP contribution >= 0.6 is 0 Å². The van der Waals surface area contributed by atoms with E-state index >= 15 is 0 Å². The third kappa shape index (κ3) is 3.94. The second-order valence-electron chi connectivity index (χ2n) is 10.2. The lowest BCUT2D eigenvalue weighted by Gasteiger charge is -2.51. The van der Waals surface area contributed by atoms with Gasteiger partial charge < -0.3 is 19.5 Å². The van der Waals surface area contributed by atoms with Crippen LogP contribution in [0.15, 0.2) is 48.5 Å². The van der Waals surface area contributed by atoms with Gasteiger partial charge in [-0.15, -0.1) is 0 Å². The number of carbonyl (C=O) groups is 2. The number of amides is 2. The lowest BCUT2D eigenvalue weighted by molar-refractivity contribution is -0.166. The first-order valence-corrected chi connectivity index (χ1v) is 12.8. The topological polar surface area (TPSA) is 65.6 Å². The molecule has 0 saturated carbocycles. The predicted molar refractivity (Wildman–Crippen MR) is 137 cm³/mol. The van der Waals surface area contributed by atoms with Gasteiger partial charge in [-0.3, -0.25) is 9.59 Å². The summed E-state index contributed by atoms with van der Waals surface area (Å²) < 4.78 is 5.66. The standard InChI is InChI=1S/C29H35N3O3/c1-5-20-11-13-21(14-12-20)23-17-32-25(33)18-31(15-8-16-35-19(2)3)28(34)29(32,4)27-26(23)22-9-6-7-10-24(22)30-27/h6-7,9-14,19,23,30H,5,8,15-18H2,1-4H3/t23-,29+/m1/s1. The first-order valence-electron chi connectivity index (χ1n) is 12.8. The van der Waals surface area contributed by atoms with Gasteiger partial charge in [-0.1, -0.05) is 49.4 Å². The molecule has 1 saturated heterocycles. The third-order valence-electron chi connectivity index (χ3n) is 7.63. The lowest BCUT2D eigenvalue weighted by atomic mass is 9.76. The van der Waals surface area contributed by atoms with Gasteiger partial charge in [0.1, 0.15) is 0 Å². The number of fused-ring (bicyclic) bond motifs is 5. The van der Waals surface area contributed by atoms with Crippen molar-refractivity contribution in [3.63, 3.8) is 0 Å². The van der Waals surface area contributed by atoms with E-state index in [1.165, 1.54) is 11.1 Å². The number of rotatable bonds is 7. The number of aryl methyl sites for hydroxylation is 1. The molecule has 0 bridgehead atoms. The summed E-state index contributed by atoms with van der Waals surface area (Å²) in [7, 11) is 0. The van der Waals surface area contributed by atoms with Gasteiger partial charge in [-0.05, 0) is 56.4 Å². The summed E-state index contributed by atoms with van der Waals surface area (Å²) in [5.74, 6) is -0.0199. The molecule has 0 spiro atoms. The number of piperazine rings is 1. The Labute approximate surface area is 207 Å². The molecular formula is C29H35N3O3. The molecule has 2 atom stereocenters. The van der Waals surface area contributed by atoms with Crippen LogP contribution in [0.25, 0.3) is 10.9 Å². The van der Waals surface area contributed by atoms with Crippen molar-refractivity contribution in [2.45, 2.75) is 58.1 Å². The number of hydrogen-bond donors (Lipinski definition) is 1. The molecule has 2 aliphatic rings. The Balaban J connectivity index is 1.57. The Morgan fingerprint density at radius 3 is 2.57 bits per heavy atom. The first kappa shape index (κ1) is 23.6. The number of nitrogens with zero attached hydrogens (tertiary/aromatic N) is 2. The molecule has 6 heteroatoms. The summed E-state index contributed by atoms with van der Waals surface area (Å²) in [4.78, 5) is 34.6. The molecule has 35 heavy (non-hydrogen) atoms. The summed E-state index contributed by atoms with van der Waals surface area (Å²) in [6.45, 7) is 9.76. The van der Waals surface area contributed by atoms with E-state index in [4.69, 9.17) is 4.74 Å². The molecule has 1 fully saturated rings. The fraction of sp³-hybridized carbons (Fsp3) is 0.448. The van der Waals surface area contributed by atoms with E-state index in [0.29, 0.717) is 26.1 Å². The van der Waals surface area contributed by atoms with E-state index in [-0.39, 0.29) is 30.4 Å². The number of nitrogens with one attached hydrogen (secondary N) is 1. The number of hydrogen-bond acceptors (Lipinski definition) is 3. The van der Waals surface area contributed by atoms with E-state index in [1.807, 2.05) is 37.8 Å². The number of H-pyrrole nitrogens is 1. The molecule has 6 nitrogen and oxygen atoms in total. The molecule has 2 amide bonds.